The minimum Gasteiger partial charge on any atom is -0.452 e. The molecular weight excluding hydrogens is 482 g/mol. The van der Waals surface area contributed by atoms with Crippen LogP contribution in [0.4, 0.5) is 5.82 Å². The number of allylic oxidation sites excluding steroid dienone is 1. The Labute approximate surface area is 219 Å². The lowest BCUT2D eigenvalue weighted by atomic mass is 9.85. The van der Waals surface area contributed by atoms with Crippen molar-refractivity contribution in [3.05, 3.63) is 48.3 Å². The molecule has 0 aliphatic carbocycles. The summed E-state index contributed by atoms with van der Waals surface area (Å²) < 4.78 is 11.7. The highest BCUT2D eigenvalue weighted by molar-refractivity contribution is 7.13. The van der Waals surface area contributed by atoms with Crippen LogP contribution < -0.4 is 5.73 Å². The number of carbonyl (C=O) groups is 1. The van der Waals surface area contributed by atoms with E-state index in [1.165, 1.54) is 30.8 Å². The standard InChI is InChI=1S/C29H29N5O2S/c30-29-27-24(12-26(36-27)23-3-1-2-19-14-33-37-28(19)23)25(15-32-29)18-5-7-20(31-13-18)6-4-17-10-21-8-9-22(11-17)34(21)16-35/h1-3,5,12-17,20-22H,4,6-11H2,(H2,30,32). The summed E-state index contributed by atoms with van der Waals surface area (Å²) in [5.74, 6) is 1.87. The Balaban J connectivity index is 1.09. The molecule has 3 aliphatic heterocycles. The second-order valence-electron chi connectivity index (χ2n) is 10.6. The Morgan fingerprint density at radius 2 is 2.00 bits per heavy atom. The maximum Gasteiger partial charge on any atom is 0.210 e. The number of nitrogens with two attached hydrogens (primary N) is 1. The van der Waals surface area contributed by atoms with Crippen LogP contribution in [0.3, 0.4) is 0 Å². The lowest BCUT2D eigenvalue weighted by Gasteiger charge is -2.36. The summed E-state index contributed by atoms with van der Waals surface area (Å²) >= 11 is 1.47. The number of pyridine rings is 1. The lowest BCUT2D eigenvalue weighted by Crippen LogP contribution is -2.41. The summed E-state index contributed by atoms with van der Waals surface area (Å²) in [7, 11) is 0. The van der Waals surface area contributed by atoms with Crippen molar-refractivity contribution in [2.45, 2.75) is 63.1 Å². The Morgan fingerprint density at radius 1 is 1.14 bits per heavy atom. The lowest BCUT2D eigenvalue weighted by molar-refractivity contribution is -0.122. The number of benzene rings is 1. The zero-order chi connectivity index (χ0) is 24.9. The molecule has 188 valence electrons. The molecule has 1 amide bonds. The molecular formula is C29H29N5O2S. The zero-order valence-corrected chi connectivity index (χ0v) is 21.4. The van der Waals surface area contributed by atoms with Crippen molar-refractivity contribution in [2.24, 2.45) is 10.9 Å². The van der Waals surface area contributed by atoms with Gasteiger partial charge in [-0.25, -0.2) is 4.98 Å². The largest absolute Gasteiger partial charge is 0.452 e. The third-order valence-corrected chi connectivity index (χ3v) is 9.35. The number of fused-ring (bicyclic) bond motifs is 4. The highest BCUT2D eigenvalue weighted by Crippen LogP contribution is 2.41. The molecule has 8 heteroatoms. The topological polar surface area (TPSA) is 97.6 Å². The van der Waals surface area contributed by atoms with Gasteiger partial charge in [0.2, 0.25) is 6.41 Å². The number of nitrogens with zero attached hydrogens (tertiary/aromatic N) is 4. The molecule has 0 spiro atoms. The highest BCUT2D eigenvalue weighted by Gasteiger charge is 2.39. The summed E-state index contributed by atoms with van der Waals surface area (Å²) in [6.45, 7) is 0. The fraction of sp³-hybridized carbons (Fsp3) is 0.379. The van der Waals surface area contributed by atoms with E-state index >= 15 is 0 Å². The van der Waals surface area contributed by atoms with E-state index < -0.39 is 0 Å². The molecule has 3 aromatic heterocycles. The van der Waals surface area contributed by atoms with Crippen LogP contribution in [0.1, 0.15) is 50.5 Å². The SMILES string of the molecule is Nc1ncc(C2=CCC(CCC3CC4CCC(C3)N4C=O)N=C2)c2cc(-c3cccc4cnsc34)oc12. The van der Waals surface area contributed by atoms with Gasteiger partial charge < -0.3 is 15.1 Å². The second-order valence-corrected chi connectivity index (χ2v) is 11.4. The normalized spacial score (nSPS) is 25.2. The van der Waals surface area contributed by atoms with Crippen LogP contribution in [-0.4, -0.2) is 45.0 Å². The van der Waals surface area contributed by atoms with Crippen LogP contribution >= 0.6 is 11.5 Å². The molecule has 7 rings (SSSR count). The van der Waals surface area contributed by atoms with Crippen LogP contribution in [-0.2, 0) is 4.79 Å². The predicted molar refractivity (Wildman–Crippen MR) is 149 cm³/mol. The molecule has 2 fully saturated rings. The molecule has 4 aromatic rings. The number of aromatic nitrogens is 2. The van der Waals surface area contributed by atoms with Gasteiger partial charge in [0.25, 0.3) is 0 Å². The minimum atomic E-state index is 0.312. The van der Waals surface area contributed by atoms with E-state index in [0.29, 0.717) is 35.4 Å². The van der Waals surface area contributed by atoms with Crippen molar-refractivity contribution in [1.29, 1.82) is 0 Å². The number of amides is 1. The van der Waals surface area contributed by atoms with Gasteiger partial charge in [0, 0.05) is 52.6 Å². The maximum absolute atomic E-state index is 11.4. The van der Waals surface area contributed by atoms with E-state index in [9.17, 15) is 4.79 Å². The summed E-state index contributed by atoms with van der Waals surface area (Å²) in [6, 6.07) is 9.45. The summed E-state index contributed by atoms with van der Waals surface area (Å²) in [5, 5.41) is 2.06. The second kappa shape index (κ2) is 9.10. The van der Waals surface area contributed by atoms with Crippen LogP contribution in [0, 0.1) is 5.92 Å². The number of piperidine rings is 1. The van der Waals surface area contributed by atoms with Gasteiger partial charge in [-0.05, 0) is 80.1 Å². The van der Waals surface area contributed by atoms with Crippen LogP contribution in [0.15, 0.2) is 52.1 Å². The molecule has 1 aromatic carbocycles. The summed E-state index contributed by atoms with van der Waals surface area (Å²) in [4.78, 5) is 22.8. The molecule has 2 bridgehead atoms. The molecule has 3 aliphatic rings. The fourth-order valence-corrected chi connectivity index (χ4v) is 7.36. The van der Waals surface area contributed by atoms with Gasteiger partial charge in [-0.2, -0.15) is 4.37 Å². The molecule has 3 atom stereocenters. The van der Waals surface area contributed by atoms with Crippen LogP contribution in [0.25, 0.3) is 38.0 Å². The van der Waals surface area contributed by atoms with Crippen molar-refractivity contribution < 1.29 is 9.21 Å². The first-order valence-electron chi connectivity index (χ1n) is 13.2. The predicted octanol–water partition coefficient (Wildman–Crippen LogP) is 6.09. The summed E-state index contributed by atoms with van der Waals surface area (Å²) in [5.41, 5.74) is 9.91. The van der Waals surface area contributed by atoms with Gasteiger partial charge in [-0.15, -0.1) is 0 Å². The third-order valence-electron chi connectivity index (χ3n) is 8.50. The van der Waals surface area contributed by atoms with Crippen LogP contribution in [0.5, 0.6) is 0 Å². The first-order valence-corrected chi connectivity index (χ1v) is 13.9. The number of dihydropyridines is 1. The molecule has 7 nitrogen and oxygen atoms in total. The molecule has 2 N–H and O–H groups in total. The van der Waals surface area contributed by atoms with Gasteiger partial charge in [0.15, 0.2) is 11.4 Å². The molecule has 0 saturated carbocycles. The van der Waals surface area contributed by atoms with Gasteiger partial charge >= 0.3 is 0 Å². The average molecular weight is 512 g/mol. The van der Waals surface area contributed by atoms with E-state index in [0.717, 1.165) is 70.0 Å². The number of anilines is 1. The average Bonchev–Trinajstić information content (AvgIpc) is 3.64. The number of furan rings is 1. The van der Waals surface area contributed by atoms with E-state index in [1.807, 2.05) is 24.7 Å². The Hall–Kier alpha value is -3.52. The number of hydrogen-bond donors (Lipinski definition) is 1. The number of rotatable bonds is 6. The minimum absolute atomic E-state index is 0.312. The number of carbonyl (C=O) groups excluding carboxylic acids is 1. The Morgan fingerprint density at radius 3 is 2.78 bits per heavy atom. The van der Waals surface area contributed by atoms with E-state index in [-0.39, 0.29) is 0 Å². The van der Waals surface area contributed by atoms with Crippen molar-refractivity contribution >= 4 is 56.6 Å². The fourth-order valence-electron chi connectivity index (χ4n) is 6.59. The molecule has 2 saturated heterocycles. The number of aliphatic imine (C=N–C) groups is 1. The van der Waals surface area contributed by atoms with Crippen LogP contribution in [0.2, 0.25) is 0 Å². The van der Waals surface area contributed by atoms with Gasteiger partial charge in [0.1, 0.15) is 5.76 Å². The van der Waals surface area contributed by atoms with E-state index in [4.69, 9.17) is 15.1 Å². The Kier molecular flexibility index (Phi) is 5.57. The maximum atomic E-state index is 11.4. The quantitative estimate of drug-likeness (QED) is 0.316. The van der Waals surface area contributed by atoms with E-state index in [1.54, 1.807) is 0 Å². The first kappa shape index (κ1) is 22.7. The highest BCUT2D eigenvalue weighted by atomic mass is 32.1. The van der Waals surface area contributed by atoms with Crippen molar-refractivity contribution in [3.63, 3.8) is 0 Å². The Bertz CT molecular complexity index is 1540. The number of nitrogen functional groups attached to an aromatic ring is 1. The number of hydrogen-bond acceptors (Lipinski definition) is 7. The smallest absolute Gasteiger partial charge is 0.210 e. The summed E-state index contributed by atoms with van der Waals surface area (Å²) in [6.07, 6.45) is 16.9. The van der Waals surface area contributed by atoms with Crippen molar-refractivity contribution in [3.8, 4) is 11.3 Å². The van der Waals surface area contributed by atoms with E-state index in [2.05, 4.69) is 38.5 Å². The molecule has 3 unspecified atom stereocenters. The van der Waals surface area contributed by atoms with Crippen molar-refractivity contribution in [2.75, 3.05) is 5.73 Å². The van der Waals surface area contributed by atoms with Gasteiger partial charge in [-0.3, -0.25) is 9.79 Å². The van der Waals surface area contributed by atoms with Gasteiger partial charge in [0.05, 0.1) is 10.7 Å². The molecule has 0 radical (unpaired) electrons. The first-order chi connectivity index (χ1) is 18.2. The van der Waals surface area contributed by atoms with Crippen molar-refractivity contribution in [1.82, 2.24) is 14.3 Å². The molecule has 37 heavy (non-hydrogen) atoms. The monoisotopic (exact) mass is 511 g/mol. The zero-order valence-electron chi connectivity index (χ0n) is 20.5. The van der Waals surface area contributed by atoms with Gasteiger partial charge in [-0.1, -0.05) is 18.2 Å². The molecule has 6 heterocycles. The third kappa shape index (κ3) is 3.94.